The molecule has 4 N–H and O–H groups in total. The highest BCUT2D eigenvalue weighted by molar-refractivity contribution is 5.10. The van der Waals surface area contributed by atoms with E-state index < -0.39 is 36.9 Å². The Kier molecular flexibility index (Phi) is 3.05. The van der Waals surface area contributed by atoms with Gasteiger partial charge in [-0.2, -0.15) is 4.98 Å². The number of rotatable bonds is 2. The quantitative estimate of drug-likeness (QED) is 0.541. The van der Waals surface area contributed by atoms with Gasteiger partial charge in [-0.15, -0.1) is 0 Å². The van der Waals surface area contributed by atoms with E-state index in [0.29, 0.717) is 0 Å². The van der Waals surface area contributed by atoms with E-state index in [4.69, 9.17) is 15.6 Å². The number of nitrogens with zero attached hydrogens (tertiary/aromatic N) is 3. The highest BCUT2D eigenvalue weighted by atomic mass is 19.1. The summed E-state index contributed by atoms with van der Waals surface area (Å²) >= 11 is 0. The number of halogens is 1. The van der Waals surface area contributed by atoms with Crippen LogP contribution in [0.4, 0.5) is 10.3 Å². The zero-order valence-corrected chi connectivity index (χ0v) is 8.60. The third-order valence-electron chi connectivity index (χ3n) is 2.49. The molecule has 94 valence electrons. The van der Waals surface area contributed by atoms with Crippen LogP contribution in [-0.2, 0) is 4.74 Å². The Morgan fingerprint density at radius 3 is 2.88 bits per heavy atom. The number of hydrogen-bond acceptors (Lipinski definition) is 7. The largest absolute Gasteiger partial charge is 0.394 e. The van der Waals surface area contributed by atoms with Crippen LogP contribution in [0.3, 0.4) is 0 Å². The maximum Gasteiger partial charge on any atom is 0.354 e. The number of nitrogens with two attached hydrogens (primary N) is 1. The summed E-state index contributed by atoms with van der Waals surface area (Å²) in [7, 11) is 0. The lowest BCUT2D eigenvalue weighted by Crippen LogP contribution is -2.34. The Hall–Kier alpha value is -1.58. The lowest BCUT2D eigenvalue weighted by atomic mass is 10.1. The second-order valence-electron chi connectivity index (χ2n) is 3.59. The van der Waals surface area contributed by atoms with Crippen molar-refractivity contribution in [3.05, 3.63) is 16.8 Å². The molecule has 0 spiro atoms. The first-order valence-electron chi connectivity index (χ1n) is 4.83. The lowest BCUT2D eigenvalue weighted by molar-refractivity contribution is -0.0495. The summed E-state index contributed by atoms with van der Waals surface area (Å²) in [6.45, 7) is -0.553. The van der Waals surface area contributed by atoms with Crippen molar-refractivity contribution in [3.8, 4) is 0 Å². The Morgan fingerprint density at radius 2 is 2.35 bits per heavy atom. The smallest absolute Gasteiger partial charge is 0.354 e. The molecule has 2 heterocycles. The number of aliphatic hydroxyl groups excluding tert-OH is 2. The van der Waals surface area contributed by atoms with Crippen LogP contribution in [-0.4, -0.2) is 49.7 Å². The van der Waals surface area contributed by atoms with Crippen LogP contribution in [0.15, 0.2) is 11.1 Å². The van der Waals surface area contributed by atoms with Crippen LogP contribution in [0.25, 0.3) is 0 Å². The molecule has 1 aliphatic heterocycles. The first kappa shape index (κ1) is 11.9. The molecule has 17 heavy (non-hydrogen) atoms. The number of aromatic nitrogens is 3. The van der Waals surface area contributed by atoms with Gasteiger partial charge in [0.05, 0.1) is 6.61 Å². The van der Waals surface area contributed by atoms with Crippen molar-refractivity contribution in [2.45, 2.75) is 24.6 Å². The van der Waals surface area contributed by atoms with Gasteiger partial charge in [-0.25, -0.2) is 14.2 Å². The van der Waals surface area contributed by atoms with Crippen LogP contribution < -0.4 is 11.4 Å². The minimum absolute atomic E-state index is 0.237. The van der Waals surface area contributed by atoms with E-state index in [9.17, 15) is 14.3 Å². The molecule has 0 bridgehead atoms. The fourth-order valence-electron chi connectivity index (χ4n) is 1.61. The summed E-state index contributed by atoms with van der Waals surface area (Å²) in [5, 5.41) is 18.2. The highest BCUT2D eigenvalue weighted by Crippen LogP contribution is 2.30. The van der Waals surface area contributed by atoms with E-state index in [1.165, 1.54) is 0 Å². The van der Waals surface area contributed by atoms with Gasteiger partial charge in [0.1, 0.15) is 18.5 Å². The molecule has 1 unspecified atom stereocenters. The summed E-state index contributed by atoms with van der Waals surface area (Å²) in [5.74, 6) is -0.237. The Morgan fingerprint density at radius 1 is 1.65 bits per heavy atom. The predicted molar refractivity (Wildman–Crippen MR) is 52.6 cm³/mol. The summed E-state index contributed by atoms with van der Waals surface area (Å²) in [4.78, 5) is 18.3. The van der Waals surface area contributed by atoms with Gasteiger partial charge < -0.3 is 20.7 Å². The molecule has 1 aliphatic rings. The highest BCUT2D eigenvalue weighted by Gasteiger charge is 2.45. The Balaban J connectivity index is 2.32. The maximum absolute atomic E-state index is 13.7. The van der Waals surface area contributed by atoms with E-state index in [1.54, 1.807) is 0 Å². The molecule has 8 nitrogen and oxygen atoms in total. The molecule has 1 aromatic heterocycles. The molecule has 1 saturated heterocycles. The number of aliphatic hydroxyl groups is 2. The standard InChI is InChI=1S/C8H11FN4O4/c9-4-5(15)3(1-14)17-6(4)13-2-11-7(10)12-8(13)16/h2-6,14-15H,1H2,(H2,10,12,16)/t3-,4+,5-,6?/m1/s1. The number of nitrogen functional groups attached to an aromatic ring is 1. The van der Waals surface area contributed by atoms with Crippen LogP contribution >= 0.6 is 0 Å². The van der Waals surface area contributed by atoms with Crippen molar-refractivity contribution in [1.82, 2.24) is 14.5 Å². The van der Waals surface area contributed by atoms with Crippen molar-refractivity contribution in [2.24, 2.45) is 0 Å². The number of ether oxygens (including phenoxy) is 1. The van der Waals surface area contributed by atoms with Gasteiger partial charge in [-0.1, -0.05) is 0 Å². The van der Waals surface area contributed by atoms with Crippen molar-refractivity contribution in [3.63, 3.8) is 0 Å². The molecule has 0 aliphatic carbocycles. The summed E-state index contributed by atoms with van der Waals surface area (Å²) in [5.41, 5.74) is 4.35. The molecule has 1 aromatic rings. The van der Waals surface area contributed by atoms with Crippen molar-refractivity contribution in [1.29, 1.82) is 0 Å². The molecule has 9 heteroatoms. The number of alkyl halides is 1. The van der Waals surface area contributed by atoms with Crippen molar-refractivity contribution < 1.29 is 19.3 Å². The molecule has 4 atom stereocenters. The Labute approximate surface area is 94.5 Å². The van der Waals surface area contributed by atoms with E-state index in [2.05, 4.69) is 9.97 Å². The van der Waals surface area contributed by atoms with E-state index in [1.807, 2.05) is 0 Å². The van der Waals surface area contributed by atoms with Crippen molar-refractivity contribution >= 4 is 5.95 Å². The second kappa shape index (κ2) is 4.35. The molecule has 0 radical (unpaired) electrons. The zero-order valence-electron chi connectivity index (χ0n) is 8.60. The minimum Gasteiger partial charge on any atom is -0.394 e. The van der Waals surface area contributed by atoms with Gasteiger partial charge in [0.2, 0.25) is 5.95 Å². The Bertz CT molecular complexity index is 467. The van der Waals surface area contributed by atoms with E-state index >= 15 is 0 Å². The lowest BCUT2D eigenvalue weighted by Gasteiger charge is -2.14. The van der Waals surface area contributed by atoms with Gasteiger partial charge in [0, 0.05) is 0 Å². The zero-order chi connectivity index (χ0) is 12.6. The van der Waals surface area contributed by atoms with Gasteiger partial charge in [-0.05, 0) is 0 Å². The molecule has 0 saturated carbocycles. The van der Waals surface area contributed by atoms with Gasteiger partial charge in [0.25, 0.3) is 0 Å². The third kappa shape index (κ3) is 1.99. The maximum atomic E-state index is 13.7. The molecule has 0 amide bonds. The third-order valence-corrected chi connectivity index (χ3v) is 2.49. The molecule has 1 fully saturated rings. The van der Waals surface area contributed by atoms with Crippen LogP contribution in [0.5, 0.6) is 0 Å². The summed E-state index contributed by atoms with van der Waals surface area (Å²) < 4.78 is 19.4. The molecular weight excluding hydrogens is 235 g/mol. The first-order valence-corrected chi connectivity index (χ1v) is 4.83. The van der Waals surface area contributed by atoms with Gasteiger partial charge in [0.15, 0.2) is 12.4 Å². The van der Waals surface area contributed by atoms with E-state index in [-0.39, 0.29) is 5.95 Å². The average molecular weight is 246 g/mol. The number of hydrogen-bond donors (Lipinski definition) is 3. The fraction of sp³-hybridized carbons (Fsp3) is 0.625. The monoisotopic (exact) mass is 246 g/mol. The number of anilines is 1. The van der Waals surface area contributed by atoms with Crippen LogP contribution in [0.1, 0.15) is 6.23 Å². The van der Waals surface area contributed by atoms with Gasteiger partial charge >= 0.3 is 5.69 Å². The topological polar surface area (TPSA) is 123 Å². The predicted octanol–water partition coefficient (Wildman–Crippen LogP) is -2.19. The molecule has 2 rings (SSSR count). The van der Waals surface area contributed by atoms with Crippen LogP contribution in [0, 0.1) is 0 Å². The normalized spacial score (nSPS) is 32.9. The second-order valence-corrected chi connectivity index (χ2v) is 3.59. The first-order chi connectivity index (χ1) is 8.04. The van der Waals surface area contributed by atoms with E-state index in [0.717, 1.165) is 10.9 Å². The van der Waals surface area contributed by atoms with Crippen molar-refractivity contribution in [2.75, 3.05) is 12.3 Å². The molecular formula is C8H11FN4O4. The minimum atomic E-state index is -1.85. The molecule has 0 aromatic carbocycles. The van der Waals surface area contributed by atoms with Crippen LogP contribution in [0.2, 0.25) is 0 Å². The van der Waals surface area contributed by atoms with Gasteiger partial charge in [-0.3, -0.25) is 4.57 Å². The summed E-state index contributed by atoms with van der Waals surface area (Å²) in [6.07, 6.45) is -4.82. The SMILES string of the molecule is Nc1ncn(C2O[C@H](CO)[C@@H](O)[C@@H]2F)c(=O)n1. The fourth-order valence-corrected chi connectivity index (χ4v) is 1.61. The average Bonchev–Trinajstić information content (AvgIpc) is 2.57. The summed E-state index contributed by atoms with van der Waals surface area (Å²) in [6, 6.07) is 0.